The van der Waals surface area contributed by atoms with Gasteiger partial charge in [-0.05, 0) is 24.5 Å². The Morgan fingerprint density at radius 2 is 2.36 bits per heavy atom. The maximum absolute atomic E-state index is 12.6. The van der Waals surface area contributed by atoms with E-state index in [2.05, 4.69) is 30.1 Å². The minimum atomic E-state index is -0.313. The van der Waals surface area contributed by atoms with Crippen LogP contribution in [0.3, 0.4) is 0 Å². The maximum Gasteiger partial charge on any atom is 0.264 e. The molecule has 22 heavy (non-hydrogen) atoms. The Balaban J connectivity index is 1.67. The Kier molecular flexibility index (Phi) is 4.54. The van der Waals surface area contributed by atoms with E-state index in [0.717, 1.165) is 11.3 Å². The number of hydrogen-bond donors (Lipinski definition) is 0. The van der Waals surface area contributed by atoms with Gasteiger partial charge in [0, 0.05) is 11.4 Å². The Labute approximate surface area is 133 Å². The number of hydrogen-bond acceptors (Lipinski definition) is 6. The van der Waals surface area contributed by atoms with E-state index in [1.54, 1.807) is 16.2 Å². The molecule has 1 amide bonds. The van der Waals surface area contributed by atoms with Gasteiger partial charge in [-0.15, -0.1) is 11.3 Å². The topological polar surface area (TPSA) is 68.5 Å². The van der Waals surface area contributed by atoms with Crippen molar-refractivity contribution in [3.05, 3.63) is 34.1 Å². The molecule has 0 aliphatic carbocycles. The molecule has 3 rings (SSSR count). The van der Waals surface area contributed by atoms with Crippen molar-refractivity contribution < 1.29 is 14.1 Å². The Morgan fingerprint density at radius 1 is 1.50 bits per heavy atom. The number of rotatable bonds is 4. The van der Waals surface area contributed by atoms with Crippen molar-refractivity contribution in [2.24, 2.45) is 5.92 Å². The molecule has 0 spiro atoms. The summed E-state index contributed by atoms with van der Waals surface area (Å²) in [5.41, 5.74) is 0. The molecule has 1 aliphatic rings. The minimum absolute atomic E-state index is 0.0526. The van der Waals surface area contributed by atoms with Crippen LogP contribution >= 0.6 is 11.3 Å². The summed E-state index contributed by atoms with van der Waals surface area (Å²) < 4.78 is 10.4. The van der Waals surface area contributed by atoms with Gasteiger partial charge in [0.05, 0.1) is 18.0 Å². The number of nitrogens with zero attached hydrogens (tertiary/aromatic N) is 3. The largest absolute Gasteiger partial charge is 0.366 e. The van der Waals surface area contributed by atoms with Gasteiger partial charge in [0.1, 0.15) is 6.10 Å². The molecule has 118 valence electrons. The number of thiophene rings is 1. The van der Waals surface area contributed by atoms with Crippen molar-refractivity contribution in [3.8, 4) is 0 Å². The molecule has 0 aromatic carbocycles. The van der Waals surface area contributed by atoms with Gasteiger partial charge in [0.15, 0.2) is 0 Å². The highest BCUT2D eigenvalue weighted by molar-refractivity contribution is 7.14. The maximum atomic E-state index is 12.6. The van der Waals surface area contributed by atoms with Crippen LogP contribution in [0.1, 0.15) is 40.3 Å². The highest BCUT2D eigenvalue weighted by atomic mass is 32.1. The van der Waals surface area contributed by atoms with Crippen LogP contribution in [0.25, 0.3) is 0 Å². The molecule has 0 bridgehead atoms. The summed E-state index contributed by atoms with van der Waals surface area (Å²) in [5.74, 6) is 1.13. The van der Waals surface area contributed by atoms with Gasteiger partial charge in [-0.1, -0.05) is 19.0 Å². The molecule has 1 atom stereocenters. The van der Waals surface area contributed by atoms with Gasteiger partial charge in [-0.3, -0.25) is 4.79 Å². The summed E-state index contributed by atoms with van der Waals surface area (Å²) in [6.07, 6.45) is 1.97. The van der Waals surface area contributed by atoms with E-state index in [4.69, 9.17) is 9.26 Å². The van der Waals surface area contributed by atoms with Crippen LogP contribution < -0.4 is 0 Å². The third-order valence-electron chi connectivity index (χ3n) is 3.50. The molecule has 0 N–H and O–H groups in total. The van der Waals surface area contributed by atoms with E-state index in [9.17, 15) is 4.79 Å². The second kappa shape index (κ2) is 6.58. The fraction of sp³-hybridized carbons (Fsp3) is 0.533. The quantitative estimate of drug-likeness (QED) is 0.865. The first-order chi connectivity index (χ1) is 10.6. The molecule has 1 fully saturated rings. The fourth-order valence-corrected chi connectivity index (χ4v) is 3.66. The van der Waals surface area contributed by atoms with Crippen molar-refractivity contribution in [3.63, 3.8) is 0 Å². The van der Waals surface area contributed by atoms with Gasteiger partial charge in [0.25, 0.3) is 5.91 Å². The van der Waals surface area contributed by atoms with Crippen LogP contribution in [0.5, 0.6) is 0 Å². The molecule has 0 saturated carbocycles. The van der Waals surface area contributed by atoms with Crippen molar-refractivity contribution in [1.29, 1.82) is 0 Å². The highest BCUT2D eigenvalue weighted by Crippen LogP contribution is 2.24. The predicted octanol–water partition coefficient (Wildman–Crippen LogP) is 2.54. The van der Waals surface area contributed by atoms with Gasteiger partial charge in [-0.2, -0.15) is 4.98 Å². The van der Waals surface area contributed by atoms with Crippen molar-refractivity contribution >= 4 is 17.2 Å². The van der Waals surface area contributed by atoms with E-state index in [1.165, 1.54) is 11.3 Å². The minimum Gasteiger partial charge on any atom is -0.366 e. The summed E-state index contributed by atoms with van der Waals surface area (Å²) >= 11 is 1.58. The zero-order valence-electron chi connectivity index (χ0n) is 12.7. The molecule has 6 nitrogen and oxygen atoms in total. The van der Waals surface area contributed by atoms with Gasteiger partial charge in [-0.25, -0.2) is 0 Å². The third-order valence-corrected chi connectivity index (χ3v) is 4.60. The first kappa shape index (κ1) is 15.2. The molecule has 1 unspecified atom stereocenters. The van der Waals surface area contributed by atoms with Crippen molar-refractivity contribution in [2.75, 3.05) is 19.7 Å². The summed E-state index contributed by atoms with van der Waals surface area (Å²) in [7, 11) is 0. The second-order valence-electron chi connectivity index (χ2n) is 5.76. The average Bonchev–Trinajstić information content (AvgIpc) is 3.17. The lowest BCUT2D eigenvalue weighted by Crippen LogP contribution is -2.42. The van der Waals surface area contributed by atoms with Crippen LogP contribution in [0.2, 0.25) is 0 Å². The zero-order chi connectivity index (χ0) is 15.5. The molecular formula is C15H19N3O3S. The van der Waals surface area contributed by atoms with Gasteiger partial charge < -0.3 is 14.2 Å². The van der Waals surface area contributed by atoms with Crippen LogP contribution in [0.15, 0.2) is 23.0 Å². The summed E-state index contributed by atoms with van der Waals surface area (Å²) in [6.45, 7) is 5.88. The first-order valence-electron chi connectivity index (χ1n) is 7.39. The molecule has 2 aromatic rings. The fourth-order valence-electron chi connectivity index (χ4n) is 2.47. The lowest BCUT2D eigenvalue weighted by atomic mass is 10.1. The number of morpholine rings is 1. The molecule has 0 radical (unpaired) electrons. The van der Waals surface area contributed by atoms with Crippen LogP contribution in [0.4, 0.5) is 0 Å². The average molecular weight is 321 g/mol. The Hall–Kier alpha value is -1.73. The van der Waals surface area contributed by atoms with E-state index < -0.39 is 0 Å². The van der Waals surface area contributed by atoms with Crippen LogP contribution in [0, 0.1) is 5.92 Å². The van der Waals surface area contributed by atoms with Crippen LogP contribution in [-0.2, 0) is 11.2 Å². The summed E-state index contributed by atoms with van der Waals surface area (Å²) in [4.78, 5) is 20.5. The molecule has 2 aromatic heterocycles. The van der Waals surface area contributed by atoms with Crippen LogP contribution in [-0.4, -0.2) is 40.6 Å². The lowest BCUT2D eigenvalue weighted by molar-refractivity contribution is -0.0274. The molecule has 1 aliphatic heterocycles. The Bertz CT molecular complexity index is 624. The summed E-state index contributed by atoms with van der Waals surface area (Å²) in [6, 6.07) is 3.97. The molecule has 3 heterocycles. The zero-order valence-corrected chi connectivity index (χ0v) is 13.5. The molecule has 7 heteroatoms. The number of carbonyl (C=O) groups is 1. The van der Waals surface area contributed by atoms with E-state index in [-0.39, 0.29) is 12.0 Å². The SMILES string of the molecule is CC(C)Cc1ccc(C(=O)N2CCOC(c3ncon3)C2)s1. The highest BCUT2D eigenvalue weighted by Gasteiger charge is 2.29. The number of ether oxygens (including phenoxy) is 1. The smallest absolute Gasteiger partial charge is 0.264 e. The van der Waals surface area contributed by atoms with E-state index >= 15 is 0 Å². The standard InChI is InChI=1S/C15H19N3O3S/c1-10(2)7-11-3-4-13(22-11)15(19)18-5-6-20-12(8-18)14-16-9-21-17-14/h3-4,9-10,12H,5-8H2,1-2H3. The molecule has 1 saturated heterocycles. The van der Waals surface area contributed by atoms with Crippen molar-refractivity contribution in [2.45, 2.75) is 26.4 Å². The number of carbonyl (C=O) groups excluding carboxylic acids is 1. The number of amides is 1. The lowest BCUT2D eigenvalue weighted by Gasteiger charge is -2.31. The third kappa shape index (κ3) is 3.36. The second-order valence-corrected chi connectivity index (χ2v) is 6.93. The Morgan fingerprint density at radius 3 is 3.09 bits per heavy atom. The predicted molar refractivity (Wildman–Crippen MR) is 81.8 cm³/mol. The number of aromatic nitrogens is 2. The van der Waals surface area contributed by atoms with Crippen molar-refractivity contribution in [1.82, 2.24) is 15.0 Å². The molecular weight excluding hydrogens is 302 g/mol. The van der Waals surface area contributed by atoms with E-state index in [0.29, 0.717) is 31.4 Å². The van der Waals surface area contributed by atoms with Gasteiger partial charge in [0.2, 0.25) is 12.2 Å². The van der Waals surface area contributed by atoms with E-state index in [1.807, 2.05) is 6.07 Å². The first-order valence-corrected chi connectivity index (χ1v) is 8.21. The normalized spacial score (nSPS) is 18.9. The monoisotopic (exact) mass is 321 g/mol. The van der Waals surface area contributed by atoms with Gasteiger partial charge >= 0.3 is 0 Å². The summed E-state index contributed by atoms with van der Waals surface area (Å²) in [5, 5.41) is 3.80.